The van der Waals surface area contributed by atoms with Crippen molar-refractivity contribution in [2.45, 2.75) is 18.6 Å². The molecule has 1 heterocycles. The van der Waals surface area contributed by atoms with Crippen molar-refractivity contribution in [2.24, 2.45) is 5.73 Å². The van der Waals surface area contributed by atoms with Crippen LogP contribution in [0.4, 0.5) is 5.69 Å². The molecule has 0 radical (unpaired) electrons. The van der Waals surface area contributed by atoms with E-state index in [-0.39, 0.29) is 30.2 Å². The first-order valence-electron chi connectivity index (χ1n) is 5.26. The predicted molar refractivity (Wildman–Crippen MR) is 62.1 cm³/mol. The lowest BCUT2D eigenvalue weighted by Gasteiger charge is -2.16. The summed E-state index contributed by atoms with van der Waals surface area (Å²) >= 11 is 0. The van der Waals surface area contributed by atoms with Crippen LogP contribution in [-0.2, 0) is 0 Å². The van der Waals surface area contributed by atoms with Crippen LogP contribution in [0.15, 0.2) is 12.1 Å². The van der Waals surface area contributed by atoms with Crippen molar-refractivity contribution in [2.75, 3.05) is 13.7 Å². The molecule has 4 N–H and O–H groups in total. The molecule has 8 heteroatoms. The van der Waals surface area contributed by atoms with Gasteiger partial charge in [-0.15, -0.1) is 0 Å². The summed E-state index contributed by atoms with van der Waals surface area (Å²) in [5.41, 5.74) is 4.64. The Morgan fingerprint density at radius 3 is 2.72 bits per heavy atom. The number of aromatic nitrogens is 1. The largest absolute Gasteiger partial charge is 0.481 e. The number of hydrogen-bond donors (Lipinski definition) is 3. The van der Waals surface area contributed by atoms with E-state index in [0.29, 0.717) is 0 Å². The zero-order chi connectivity index (χ0) is 13.7. The molecule has 0 saturated heterocycles. The molecule has 2 unspecified atom stereocenters. The van der Waals surface area contributed by atoms with E-state index in [1.54, 1.807) is 0 Å². The van der Waals surface area contributed by atoms with Crippen molar-refractivity contribution in [3.8, 4) is 5.88 Å². The van der Waals surface area contributed by atoms with Crippen LogP contribution in [0.2, 0.25) is 0 Å². The van der Waals surface area contributed by atoms with Gasteiger partial charge in [-0.05, 0) is 13.0 Å². The number of nitrogens with zero attached hydrogens (tertiary/aromatic N) is 2. The van der Waals surface area contributed by atoms with Gasteiger partial charge in [-0.3, -0.25) is 10.1 Å². The molecule has 0 aliphatic rings. The Morgan fingerprint density at radius 2 is 2.22 bits per heavy atom. The zero-order valence-corrected chi connectivity index (χ0v) is 9.81. The topological polar surface area (TPSA) is 132 Å². The molecule has 0 aliphatic carbocycles. The van der Waals surface area contributed by atoms with E-state index in [1.807, 2.05) is 0 Å². The maximum Gasteiger partial charge on any atom is 0.293 e. The summed E-state index contributed by atoms with van der Waals surface area (Å²) < 4.78 is 4.83. The van der Waals surface area contributed by atoms with E-state index < -0.39 is 17.1 Å². The van der Waals surface area contributed by atoms with E-state index in [1.165, 1.54) is 19.2 Å². The number of methoxy groups -OCH3 is 1. The Kier molecular flexibility index (Phi) is 4.95. The number of nitrogens with two attached hydrogens (primary N) is 1. The number of aliphatic hydroxyl groups excluding tert-OH is 2. The maximum atomic E-state index is 10.8. The molecule has 100 valence electrons. The minimum atomic E-state index is -1.48. The standard InChI is InChI=1S/C10H15N3O5/c1-18-8-3-2-6(13(16)17)9(12-8)10(15)7(14)4-5-11/h2-3,7,10,14-15H,4-5,11H2,1H3. The molecule has 0 bridgehead atoms. The van der Waals surface area contributed by atoms with Gasteiger partial charge in [0.05, 0.1) is 18.1 Å². The van der Waals surface area contributed by atoms with Crippen LogP contribution in [0.5, 0.6) is 5.88 Å². The normalized spacial score (nSPS) is 14.0. The summed E-state index contributed by atoms with van der Waals surface area (Å²) in [4.78, 5) is 13.9. The highest BCUT2D eigenvalue weighted by molar-refractivity contribution is 5.39. The monoisotopic (exact) mass is 257 g/mol. The van der Waals surface area contributed by atoms with Crippen LogP contribution in [0.1, 0.15) is 18.2 Å². The van der Waals surface area contributed by atoms with Crippen LogP contribution >= 0.6 is 0 Å². The SMILES string of the molecule is COc1ccc([N+](=O)[O-])c(C(O)C(O)CCN)n1. The first-order valence-corrected chi connectivity index (χ1v) is 5.26. The molecular formula is C10H15N3O5. The van der Waals surface area contributed by atoms with E-state index in [0.717, 1.165) is 0 Å². The second kappa shape index (κ2) is 6.24. The fraction of sp³-hybridized carbons (Fsp3) is 0.500. The van der Waals surface area contributed by atoms with Crippen LogP contribution in [0.25, 0.3) is 0 Å². The summed E-state index contributed by atoms with van der Waals surface area (Å²) in [6.07, 6.45) is -2.59. The van der Waals surface area contributed by atoms with Crippen molar-refractivity contribution >= 4 is 5.69 Å². The van der Waals surface area contributed by atoms with E-state index >= 15 is 0 Å². The van der Waals surface area contributed by atoms with Crippen molar-refractivity contribution < 1.29 is 19.9 Å². The minimum Gasteiger partial charge on any atom is -0.481 e. The van der Waals surface area contributed by atoms with Crippen LogP contribution < -0.4 is 10.5 Å². The van der Waals surface area contributed by atoms with Crippen molar-refractivity contribution in [3.05, 3.63) is 27.9 Å². The lowest BCUT2D eigenvalue weighted by atomic mass is 10.1. The molecule has 1 rings (SSSR count). The zero-order valence-electron chi connectivity index (χ0n) is 9.81. The molecule has 0 saturated carbocycles. The Labute approximate surface area is 103 Å². The summed E-state index contributed by atoms with van der Waals surface area (Å²) in [6.45, 7) is 0.149. The smallest absolute Gasteiger partial charge is 0.293 e. The molecule has 0 aliphatic heterocycles. The van der Waals surface area contributed by atoms with Gasteiger partial charge in [0.2, 0.25) is 5.88 Å². The lowest BCUT2D eigenvalue weighted by Crippen LogP contribution is -2.23. The number of hydrogen-bond acceptors (Lipinski definition) is 7. The Balaban J connectivity index is 3.14. The molecule has 0 amide bonds. The third kappa shape index (κ3) is 3.13. The molecule has 0 fully saturated rings. The van der Waals surface area contributed by atoms with Gasteiger partial charge in [-0.2, -0.15) is 0 Å². The highest BCUT2D eigenvalue weighted by Crippen LogP contribution is 2.28. The number of pyridine rings is 1. The van der Waals surface area contributed by atoms with Gasteiger partial charge in [0.25, 0.3) is 5.69 Å². The Hall–Kier alpha value is -1.77. The Bertz CT molecular complexity index is 426. The summed E-state index contributed by atoms with van der Waals surface area (Å²) in [5, 5.41) is 30.3. The van der Waals surface area contributed by atoms with E-state index in [4.69, 9.17) is 10.5 Å². The van der Waals surface area contributed by atoms with Crippen LogP contribution in [-0.4, -0.2) is 39.9 Å². The maximum absolute atomic E-state index is 10.8. The highest BCUT2D eigenvalue weighted by Gasteiger charge is 2.28. The third-order valence-electron chi connectivity index (χ3n) is 2.39. The highest BCUT2D eigenvalue weighted by atomic mass is 16.6. The van der Waals surface area contributed by atoms with Crippen LogP contribution in [0.3, 0.4) is 0 Å². The number of rotatable bonds is 6. The quantitative estimate of drug-likeness (QED) is 0.472. The van der Waals surface area contributed by atoms with Crippen molar-refractivity contribution in [3.63, 3.8) is 0 Å². The number of ether oxygens (including phenoxy) is 1. The molecule has 1 aromatic heterocycles. The van der Waals surface area contributed by atoms with Gasteiger partial charge in [0.1, 0.15) is 6.10 Å². The third-order valence-corrected chi connectivity index (χ3v) is 2.39. The van der Waals surface area contributed by atoms with Gasteiger partial charge >= 0.3 is 0 Å². The number of nitro groups is 1. The summed E-state index contributed by atoms with van der Waals surface area (Å²) in [6, 6.07) is 2.48. The van der Waals surface area contributed by atoms with E-state index in [2.05, 4.69) is 4.98 Å². The predicted octanol–water partition coefficient (Wildman–Crippen LogP) is -0.259. The first-order chi connectivity index (χ1) is 8.51. The van der Waals surface area contributed by atoms with Crippen molar-refractivity contribution in [1.82, 2.24) is 4.98 Å². The summed E-state index contributed by atoms with van der Waals surface area (Å²) in [7, 11) is 1.35. The van der Waals surface area contributed by atoms with Gasteiger partial charge in [0.15, 0.2) is 5.69 Å². The first kappa shape index (κ1) is 14.3. The fourth-order valence-electron chi connectivity index (χ4n) is 1.45. The van der Waals surface area contributed by atoms with Gasteiger partial charge in [-0.1, -0.05) is 0 Å². The average Bonchev–Trinajstić information content (AvgIpc) is 2.37. The second-order valence-electron chi connectivity index (χ2n) is 3.60. The van der Waals surface area contributed by atoms with Gasteiger partial charge < -0.3 is 20.7 Å². The average molecular weight is 257 g/mol. The number of aliphatic hydroxyl groups is 2. The van der Waals surface area contributed by atoms with Gasteiger partial charge in [-0.25, -0.2) is 4.98 Å². The second-order valence-corrected chi connectivity index (χ2v) is 3.60. The molecule has 8 nitrogen and oxygen atoms in total. The minimum absolute atomic E-state index is 0.108. The van der Waals surface area contributed by atoms with Crippen molar-refractivity contribution in [1.29, 1.82) is 0 Å². The Morgan fingerprint density at radius 1 is 1.56 bits per heavy atom. The molecule has 2 atom stereocenters. The molecule has 18 heavy (non-hydrogen) atoms. The fourth-order valence-corrected chi connectivity index (χ4v) is 1.45. The molecule has 0 aromatic carbocycles. The van der Waals surface area contributed by atoms with Crippen LogP contribution in [0, 0.1) is 10.1 Å². The van der Waals surface area contributed by atoms with E-state index in [9.17, 15) is 20.3 Å². The molecule has 1 aromatic rings. The van der Waals surface area contributed by atoms with Gasteiger partial charge in [0, 0.05) is 12.1 Å². The summed E-state index contributed by atoms with van der Waals surface area (Å²) in [5.74, 6) is 0.120. The lowest BCUT2D eigenvalue weighted by molar-refractivity contribution is -0.386. The molecule has 0 spiro atoms. The molecular weight excluding hydrogens is 242 g/mol.